The molecule has 0 aliphatic carbocycles. The van der Waals surface area contributed by atoms with Crippen molar-refractivity contribution < 1.29 is 79.2 Å². The van der Waals surface area contributed by atoms with Crippen LogP contribution in [0.5, 0.6) is 5.75 Å². The number of rotatable bonds is 18. The van der Waals surface area contributed by atoms with Crippen molar-refractivity contribution in [3.8, 4) is 28.0 Å². The summed E-state index contributed by atoms with van der Waals surface area (Å²) in [5.41, 5.74) is 10.5. The summed E-state index contributed by atoms with van der Waals surface area (Å²) < 4.78 is 5.62. The molecule has 3 heterocycles. The third kappa shape index (κ3) is 16.4. The lowest BCUT2D eigenvalue weighted by Crippen LogP contribution is -2.64. The molecule has 15 N–H and O–H groups in total. The fraction of sp³-hybridized carbons (Fsp3) is 0.500. The molecule has 3 aliphatic rings. The van der Waals surface area contributed by atoms with E-state index in [0.717, 1.165) is 58.7 Å². The molecule has 4 aromatic carbocycles. The van der Waals surface area contributed by atoms with Gasteiger partial charge in [-0.1, -0.05) is 106 Å². The molecule has 15 atom stereocenters. The van der Waals surface area contributed by atoms with Crippen LogP contribution < -0.4 is 37.1 Å². The maximum absolute atomic E-state index is 14.6. The number of carbonyl (C=O) groups excluding carboxylic acids is 7. The van der Waals surface area contributed by atoms with Gasteiger partial charge in [0.1, 0.15) is 60.3 Å². The second-order valence-corrected chi connectivity index (χ2v) is 22.7. The predicted molar refractivity (Wildman–Crippen MR) is 314 cm³/mol. The van der Waals surface area contributed by atoms with Crippen LogP contribution in [0.2, 0.25) is 0 Å². The molecule has 7 rings (SSSR count). The second kappa shape index (κ2) is 30.3. The molecule has 0 aromatic heterocycles. The number of aliphatic hydroxyl groups excluding tert-OH is 8. The summed E-state index contributed by atoms with van der Waals surface area (Å²) in [6.45, 7) is 5.58. The molecule has 0 spiro atoms. The molecule has 24 nitrogen and oxygen atoms in total. The Balaban J connectivity index is 1.17. The minimum atomic E-state index is -2.28. The van der Waals surface area contributed by atoms with E-state index >= 15 is 0 Å². The molecule has 3 aliphatic heterocycles. The third-order valence-corrected chi connectivity index (χ3v) is 16.0. The molecule has 0 bridgehead atoms. The first kappa shape index (κ1) is 66.1. The van der Waals surface area contributed by atoms with E-state index < -0.39 is 152 Å². The van der Waals surface area contributed by atoms with E-state index in [-0.39, 0.29) is 24.3 Å². The van der Waals surface area contributed by atoms with Crippen LogP contribution in [-0.2, 0) is 35.2 Å². The minimum absolute atomic E-state index is 0.00986. The number of nitrogens with two attached hydrogens (primary N) is 1. The van der Waals surface area contributed by atoms with Crippen molar-refractivity contribution in [2.45, 2.75) is 164 Å². The topological polar surface area (TPSA) is 383 Å². The summed E-state index contributed by atoms with van der Waals surface area (Å²) in [6, 6.07) is 16.7. The van der Waals surface area contributed by atoms with Gasteiger partial charge in [0.2, 0.25) is 35.4 Å². The quantitative estimate of drug-likeness (QED) is 0.0566. The number of benzene rings is 4. The molecule has 86 heavy (non-hydrogen) atoms. The molecule has 0 saturated carbocycles. The average molecular weight is 1200 g/mol. The fourth-order valence-corrected chi connectivity index (χ4v) is 10.9. The number of aliphatic hydroxyl groups is 8. The lowest BCUT2D eigenvalue weighted by Gasteiger charge is -2.34. The van der Waals surface area contributed by atoms with Crippen molar-refractivity contribution in [3.63, 3.8) is 0 Å². The average Bonchev–Trinajstić information content (AvgIpc) is 2.49. The first-order valence-corrected chi connectivity index (χ1v) is 29.3. The summed E-state index contributed by atoms with van der Waals surface area (Å²) >= 11 is 0. The standard InChI is InChI=1S/C62H82N8O16/c1-5-6-7-8-10-36-11-13-37(14-12-36)38-15-17-39(18-16-38)40-19-21-42(22-20-40)55(78)64-45-30-47(74)58(81)68-60(83)51-52(75)33(2)31-70(51)62(85)49(35(4)72)66-59(82)50(54(77)53(76)41-23-25-44(26-24-41)86-28-9-27-63)67-57(80)46-29-43(73)32-69(46)61(84)48(34(3)71)65-56(45)79/h11-26,33-35,43,45-54,58,71-77,81H,5-10,27-32,63H2,1-4H3,(H,64,78)(H,65,79)(H,66,82)(H,67,80)(H,68,83). The van der Waals surface area contributed by atoms with Gasteiger partial charge in [0.15, 0.2) is 6.23 Å². The largest absolute Gasteiger partial charge is 0.494 e. The van der Waals surface area contributed by atoms with Gasteiger partial charge in [0.25, 0.3) is 5.91 Å². The Morgan fingerprint density at radius 2 is 1.19 bits per heavy atom. The summed E-state index contributed by atoms with van der Waals surface area (Å²) in [5, 5.41) is 102. The van der Waals surface area contributed by atoms with Crippen molar-refractivity contribution in [2.24, 2.45) is 11.7 Å². The summed E-state index contributed by atoms with van der Waals surface area (Å²) in [5.74, 6) is -8.74. The van der Waals surface area contributed by atoms with Gasteiger partial charge < -0.3 is 87.7 Å². The van der Waals surface area contributed by atoms with E-state index in [0.29, 0.717) is 18.7 Å². The van der Waals surface area contributed by atoms with E-state index in [9.17, 15) is 74.4 Å². The van der Waals surface area contributed by atoms with Gasteiger partial charge in [-0.05, 0) is 97.3 Å². The lowest BCUT2D eigenvalue weighted by atomic mass is 9.96. The predicted octanol–water partition coefficient (Wildman–Crippen LogP) is -0.351. The Morgan fingerprint density at radius 3 is 1.76 bits per heavy atom. The van der Waals surface area contributed by atoms with E-state index in [2.05, 4.69) is 57.8 Å². The van der Waals surface area contributed by atoms with E-state index in [1.165, 1.54) is 68.1 Å². The van der Waals surface area contributed by atoms with Gasteiger partial charge in [-0.3, -0.25) is 33.6 Å². The van der Waals surface area contributed by atoms with Crippen LogP contribution in [0.3, 0.4) is 0 Å². The second-order valence-electron chi connectivity index (χ2n) is 22.7. The van der Waals surface area contributed by atoms with Crippen LogP contribution in [0.15, 0.2) is 97.1 Å². The molecule has 3 fully saturated rings. The molecule has 7 amide bonds. The first-order valence-electron chi connectivity index (χ1n) is 29.3. The Hall–Kier alpha value is -7.39. The van der Waals surface area contributed by atoms with Gasteiger partial charge in [-0.25, -0.2) is 0 Å². The monoisotopic (exact) mass is 1190 g/mol. The molecular formula is C62H82N8O16. The lowest BCUT2D eigenvalue weighted by molar-refractivity contribution is -0.148. The minimum Gasteiger partial charge on any atom is -0.494 e. The van der Waals surface area contributed by atoms with Crippen molar-refractivity contribution in [1.82, 2.24) is 36.4 Å². The zero-order valence-corrected chi connectivity index (χ0v) is 48.7. The van der Waals surface area contributed by atoms with Crippen LogP contribution >= 0.6 is 0 Å². The fourth-order valence-electron chi connectivity index (χ4n) is 10.9. The number of aryl methyl sites for hydroxylation is 1. The summed E-state index contributed by atoms with van der Waals surface area (Å²) in [6.07, 6.45) is -10.4. The van der Waals surface area contributed by atoms with Crippen molar-refractivity contribution in [3.05, 3.63) is 114 Å². The van der Waals surface area contributed by atoms with Crippen LogP contribution in [-0.4, -0.2) is 197 Å². The molecule has 24 heteroatoms. The maximum atomic E-state index is 14.6. The number of carbonyl (C=O) groups is 7. The van der Waals surface area contributed by atoms with Crippen molar-refractivity contribution >= 4 is 41.4 Å². The smallest absolute Gasteiger partial charge is 0.251 e. The maximum Gasteiger partial charge on any atom is 0.251 e. The van der Waals surface area contributed by atoms with E-state index in [1.807, 2.05) is 24.3 Å². The van der Waals surface area contributed by atoms with Crippen LogP contribution in [0.1, 0.15) is 100 Å². The van der Waals surface area contributed by atoms with Gasteiger partial charge in [-0.2, -0.15) is 0 Å². The Morgan fingerprint density at radius 1 is 0.640 bits per heavy atom. The highest BCUT2D eigenvalue weighted by atomic mass is 16.5. The zero-order valence-electron chi connectivity index (χ0n) is 48.7. The molecule has 4 aromatic rings. The van der Waals surface area contributed by atoms with Crippen LogP contribution in [0, 0.1) is 5.92 Å². The highest BCUT2D eigenvalue weighted by molar-refractivity contribution is 6.00. The van der Waals surface area contributed by atoms with E-state index in [1.54, 1.807) is 12.1 Å². The van der Waals surface area contributed by atoms with Gasteiger partial charge in [0.05, 0.1) is 31.0 Å². The number of hydrogen-bond acceptors (Lipinski definition) is 17. The number of hydrogen-bond donors (Lipinski definition) is 14. The number of fused-ring (bicyclic) bond motifs is 2. The molecular weight excluding hydrogens is 1110 g/mol. The van der Waals surface area contributed by atoms with Gasteiger partial charge in [-0.15, -0.1) is 0 Å². The van der Waals surface area contributed by atoms with Crippen LogP contribution in [0.25, 0.3) is 22.3 Å². The normalized spacial score (nSPS) is 26.8. The first-order chi connectivity index (χ1) is 41.0. The van der Waals surface area contributed by atoms with E-state index in [4.69, 9.17) is 10.5 Å². The number of nitrogens with zero attached hydrogens (tertiary/aromatic N) is 2. The number of unbranched alkanes of at least 4 members (excludes halogenated alkanes) is 3. The van der Waals surface area contributed by atoms with Gasteiger partial charge >= 0.3 is 0 Å². The Bertz CT molecular complexity index is 2950. The number of amides is 7. The SMILES string of the molecule is CCCCCCc1ccc(-c2ccc(-c3ccc(C(=O)NC4CC(O)C(O)NC(=O)C5C(O)C(C)CN5C(=O)C(C(C)O)NC(=O)C(C(O)C(O)c5ccc(OCCCN)cc5)NC(=O)C5CC(O)CN5C(=O)C(C(C)O)NC4=O)cc3)cc2)cc1. The number of nitrogens with one attached hydrogen (secondary N) is 5. The molecule has 15 unspecified atom stereocenters. The number of ether oxygens (including phenoxy) is 1. The highest BCUT2D eigenvalue weighted by Crippen LogP contribution is 2.30. The van der Waals surface area contributed by atoms with Crippen LogP contribution in [0.4, 0.5) is 0 Å². The highest BCUT2D eigenvalue weighted by Gasteiger charge is 2.50. The zero-order chi connectivity index (χ0) is 62.5. The van der Waals surface area contributed by atoms with Crippen molar-refractivity contribution in [1.29, 1.82) is 0 Å². The summed E-state index contributed by atoms with van der Waals surface area (Å²) in [7, 11) is 0. The van der Waals surface area contributed by atoms with Crippen molar-refractivity contribution in [2.75, 3.05) is 26.2 Å². The molecule has 3 saturated heterocycles. The molecule has 0 radical (unpaired) electrons. The third-order valence-electron chi connectivity index (χ3n) is 16.0. The summed E-state index contributed by atoms with van der Waals surface area (Å²) in [4.78, 5) is 102. The van der Waals surface area contributed by atoms with Gasteiger partial charge in [0, 0.05) is 37.4 Å². The Labute approximate surface area is 499 Å². The Kier molecular flexibility index (Phi) is 23.3. The molecule has 466 valence electrons.